The van der Waals surface area contributed by atoms with Gasteiger partial charge < -0.3 is 9.88 Å². The molecule has 1 aromatic rings. The average Bonchev–Trinajstić information content (AvgIpc) is 2.78. The molecule has 0 spiro atoms. The fourth-order valence-corrected chi connectivity index (χ4v) is 2.20. The van der Waals surface area contributed by atoms with Gasteiger partial charge in [0, 0.05) is 18.9 Å². The van der Waals surface area contributed by atoms with Gasteiger partial charge in [0.15, 0.2) is 0 Å². The molecule has 1 aromatic heterocycles. The lowest BCUT2D eigenvalue weighted by molar-refractivity contribution is 0.411. The summed E-state index contributed by atoms with van der Waals surface area (Å²) in [5.74, 6) is 1.97. The largest absolute Gasteiger partial charge is 0.334 e. The number of imidazole rings is 1. The molecule has 0 radical (unpaired) electrons. The second kappa shape index (κ2) is 8.30. The van der Waals surface area contributed by atoms with E-state index < -0.39 is 0 Å². The van der Waals surface area contributed by atoms with Crippen molar-refractivity contribution in [3.05, 3.63) is 18.2 Å². The number of aryl methyl sites for hydroxylation is 1. The maximum absolute atomic E-state index is 4.57. The Morgan fingerprint density at radius 1 is 1.22 bits per heavy atom. The van der Waals surface area contributed by atoms with E-state index in [1.54, 1.807) is 0 Å². The highest BCUT2D eigenvalue weighted by Gasteiger charge is 2.16. The zero-order chi connectivity index (χ0) is 13.4. The summed E-state index contributed by atoms with van der Waals surface area (Å²) >= 11 is 0. The number of nitrogens with zero attached hydrogens (tertiary/aromatic N) is 2. The van der Waals surface area contributed by atoms with Crippen molar-refractivity contribution in [3.8, 4) is 0 Å². The molecule has 3 heteroatoms. The van der Waals surface area contributed by atoms with E-state index in [0.29, 0.717) is 6.04 Å². The predicted molar refractivity (Wildman–Crippen MR) is 77.6 cm³/mol. The maximum Gasteiger partial charge on any atom is 0.125 e. The van der Waals surface area contributed by atoms with Crippen molar-refractivity contribution < 1.29 is 0 Å². The molecule has 0 fully saturated rings. The van der Waals surface area contributed by atoms with Crippen LogP contribution < -0.4 is 5.32 Å². The van der Waals surface area contributed by atoms with Crippen LogP contribution in [-0.4, -0.2) is 16.1 Å². The van der Waals surface area contributed by atoms with Crippen molar-refractivity contribution in [2.75, 3.05) is 6.54 Å². The fraction of sp³-hybridized carbons (Fsp3) is 0.800. The quantitative estimate of drug-likeness (QED) is 0.724. The zero-order valence-corrected chi connectivity index (χ0v) is 12.4. The first kappa shape index (κ1) is 15.2. The Morgan fingerprint density at radius 3 is 2.61 bits per heavy atom. The topological polar surface area (TPSA) is 29.9 Å². The SMILES string of the molecule is CCCNC(CCC(C)C)c1nccn1CCC. The summed E-state index contributed by atoms with van der Waals surface area (Å²) < 4.78 is 2.30. The summed E-state index contributed by atoms with van der Waals surface area (Å²) in [6.45, 7) is 11.1. The summed E-state index contributed by atoms with van der Waals surface area (Å²) in [6.07, 6.45) is 8.80. The average molecular weight is 251 g/mol. The van der Waals surface area contributed by atoms with Gasteiger partial charge in [-0.15, -0.1) is 0 Å². The molecule has 0 aliphatic heterocycles. The van der Waals surface area contributed by atoms with E-state index in [1.807, 2.05) is 6.20 Å². The van der Waals surface area contributed by atoms with Crippen LogP contribution in [0.4, 0.5) is 0 Å². The number of rotatable bonds is 9. The van der Waals surface area contributed by atoms with Crippen molar-refractivity contribution in [2.45, 2.75) is 66.0 Å². The summed E-state index contributed by atoms with van der Waals surface area (Å²) in [4.78, 5) is 4.57. The third-order valence-corrected chi connectivity index (χ3v) is 3.20. The van der Waals surface area contributed by atoms with Crippen molar-refractivity contribution >= 4 is 0 Å². The molecule has 0 amide bonds. The van der Waals surface area contributed by atoms with Gasteiger partial charge in [-0.05, 0) is 38.1 Å². The smallest absolute Gasteiger partial charge is 0.125 e. The molecule has 0 bridgehead atoms. The third kappa shape index (κ3) is 4.81. The molecular formula is C15H29N3. The second-order valence-electron chi connectivity index (χ2n) is 5.46. The van der Waals surface area contributed by atoms with Crippen LogP contribution in [0.1, 0.15) is 65.2 Å². The Kier molecular flexibility index (Phi) is 7.02. The Balaban J connectivity index is 2.69. The first-order chi connectivity index (χ1) is 8.69. The summed E-state index contributed by atoms with van der Waals surface area (Å²) in [6, 6.07) is 0.411. The maximum atomic E-state index is 4.57. The second-order valence-corrected chi connectivity index (χ2v) is 5.46. The molecule has 1 unspecified atom stereocenters. The van der Waals surface area contributed by atoms with Gasteiger partial charge >= 0.3 is 0 Å². The number of hydrogen-bond acceptors (Lipinski definition) is 2. The van der Waals surface area contributed by atoms with Crippen LogP contribution in [-0.2, 0) is 6.54 Å². The lowest BCUT2D eigenvalue weighted by Gasteiger charge is -2.20. The molecule has 0 aromatic carbocycles. The highest BCUT2D eigenvalue weighted by atomic mass is 15.1. The minimum Gasteiger partial charge on any atom is -0.334 e. The number of nitrogens with one attached hydrogen (secondary N) is 1. The third-order valence-electron chi connectivity index (χ3n) is 3.20. The molecular weight excluding hydrogens is 222 g/mol. The van der Waals surface area contributed by atoms with Gasteiger partial charge in [0.25, 0.3) is 0 Å². The van der Waals surface area contributed by atoms with E-state index >= 15 is 0 Å². The van der Waals surface area contributed by atoms with Gasteiger partial charge in [-0.25, -0.2) is 4.98 Å². The number of aromatic nitrogens is 2. The van der Waals surface area contributed by atoms with E-state index in [0.717, 1.165) is 25.4 Å². The van der Waals surface area contributed by atoms with Gasteiger partial charge in [-0.2, -0.15) is 0 Å². The van der Waals surface area contributed by atoms with Crippen LogP contribution in [0.25, 0.3) is 0 Å². The van der Waals surface area contributed by atoms with Crippen LogP contribution in [0.5, 0.6) is 0 Å². The lowest BCUT2D eigenvalue weighted by Crippen LogP contribution is -2.25. The number of hydrogen-bond donors (Lipinski definition) is 1. The first-order valence-corrected chi connectivity index (χ1v) is 7.43. The van der Waals surface area contributed by atoms with Gasteiger partial charge in [-0.3, -0.25) is 0 Å². The Morgan fingerprint density at radius 2 is 2.00 bits per heavy atom. The van der Waals surface area contributed by atoms with Gasteiger partial charge in [0.05, 0.1) is 6.04 Å². The molecule has 0 saturated carbocycles. The highest BCUT2D eigenvalue weighted by molar-refractivity contribution is 4.99. The van der Waals surface area contributed by atoms with E-state index in [1.165, 1.54) is 25.1 Å². The lowest BCUT2D eigenvalue weighted by atomic mass is 10.0. The van der Waals surface area contributed by atoms with Crippen LogP contribution >= 0.6 is 0 Å². The zero-order valence-electron chi connectivity index (χ0n) is 12.4. The van der Waals surface area contributed by atoms with Crippen LogP contribution in [0.2, 0.25) is 0 Å². The molecule has 104 valence electrons. The van der Waals surface area contributed by atoms with Crippen LogP contribution in [0.15, 0.2) is 12.4 Å². The fourth-order valence-electron chi connectivity index (χ4n) is 2.20. The summed E-state index contributed by atoms with van der Waals surface area (Å²) in [5, 5.41) is 3.64. The standard InChI is InChI=1S/C15H29N3/c1-5-9-16-14(8-7-13(3)4)15-17-10-12-18(15)11-6-2/h10,12-14,16H,5-9,11H2,1-4H3. The Labute approximate surface area is 112 Å². The van der Waals surface area contributed by atoms with Gasteiger partial charge in [0.1, 0.15) is 5.82 Å². The normalized spacial score (nSPS) is 13.2. The Hall–Kier alpha value is -0.830. The monoisotopic (exact) mass is 251 g/mol. The molecule has 0 aliphatic rings. The van der Waals surface area contributed by atoms with Gasteiger partial charge in [0.2, 0.25) is 0 Å². The first-order valence-electron chi connectivity index (χ1n) is 7.43. The van der Waals surface area contributed by atoms with Gasteiger partial charge in [-0.1, -0.05) is 27.7 Å². The van der Waals surface area contributed by atoms with Crippen LogP contribution in [0.3, 0.4) is 0 Å². The van der Waals surface area contributed by atoms with Crippen molar-refractivity contribution in [3.63, 3.8) is 0 Å². The van der Waals surface area contributed by atoms with E-state index in [4.69, 9.17) is 0 Å². The molecule has 1 N–H and O–H groups in total. The summed E-state index contributed by atoms with van der Waals surface area (Å²) in [7, 11) is 0. The molecule has 1 rings (SSSR count). The molecule has 3 nitrogen and oxygen atoms in total. The van der Waals surface area contributed by atoms with Crippen LogP contribution in [0, 0.1) is 5.92 Å². The molecule has 1 heterocycles. The van der Waals surface area contributed by atoms with E-state index in [2.05, 4.69) is 48.8 Å². The minimum atomic E-state index is 0.411. The molecule has 0 aliphatic carbocycles. The van der Waals surface area contributed by atoms with Crippen molar-refractivity contribution in [1.29, 1.82) is 0 Å². The highest BCUT2D eigenvalue weighted by Crippen LogP contribution is 2.20. The molecule has 18 heavy (non-hydrogen) atoms. The van der Waals surface area contributed by atoms with Crippen molar-refractivity contribution in [2.24, 2.45) is 5.92 Å². The Bertz CT molecular complexity index is 317. The molecule has 1 atom stereocenters. The molecule has 0 saturated heterocycles. The van der Waals surface area contributed by atoms with Crippen molar-refractivity contribution in [1.82, 2.24) is 14.9 Å². The van der Waals surface area contributed by atoms with E-state index in [9.17, 15) is 0 Å². The summed E-state index contributed by atoms with van der Waals surface area (Å²) in [5.41, 5.74) is 0. The predicted octanol–water partition coefficient (Wildman–Crippen LogP) is 3.77. The minimum absolute atomic E-state index is 0.411. The van der Waals surface area contributed by atoms with E-state index in [-0.39, 0.29) is 0 Å².